The average molecular weight is 502 g/mol. The number of nitrogens with one attached hydrogen (secondary N) is 2. The van der Waals surface area contributed by atoms with Gasteiger partial charge in [0.1, 0.15) is 18.1 Å². The van der Waals surface area contributed by atoms with Crippen LogP contribution in [0.5, 0.6) is 11.5 Å². The molecule has 4 rings (SSSR count). The molecule has 0 aliphatic rings. The number of carbonyl (C=O) groups excluding carboxylic acids is 1. The Balaban J connectivity index is 1.70. The second-order valence-corrected chi connectivity index (χ2v) is 8.50. The largest absolute Gasteiger partial charge is 0.492 e. The normalized spacial score (nSPS) is 10.9. The van der Waals surface area contributed by atoms with E-state index in [1.54, 1.807) is 18.3 Å². The zero-order valence-corrected chi connectivity index (χ0v) is 21.5. The Morgan fingerprint density at radius 3 is 2.68 bits per heavy atom. The molecule has 2 aromatic heterocycles. The highest BCUT2D eigenvalue weighted by molar-refractivity contribution is 6.00. The Bertz CT molecular complexity index is 1410. The molecule has 10 nitrogen and oxygen atoms in total. The first kappa shape index (κ1) is 25.6. The number of aryl methyl sites for hydroxylation is 1. The first-order valence-corrected chi connectivity index (χ1v) is 11.9. The summed E-state index contributed by atoms with van der Waals surface area (Å²) in [6, 6.07) is 13.3. The second kappa shape index (κ2) is 11.5. The van der Waals surface area contributed by atoms with Gasteiger partial charge in [0, 0.05) is 31.2 Å². The molecule has 0 aliphatic heterocycles. The minimum Gasteiger partial charge on any atom is -0.492 e. The average Bonchev–Trinajstić information content (AvgIpc) is 3.21. The van der Waals surface area contributed by atoms with Crippen molar-refractivity contribution in [2.75, 3.05) is 44.5 Å². The van der Waals surface area contributed by atoms with Crippen molar-refractivity contribution in [3.05, 3.63) is 61.3 Å². The molecular formula is C27H31N7O3. The van der Waals surface area contributed by atoms with Crippen molar-refractivity contribution in [1.82, 2.24) is 24.6 Å². The van der Waals surface area contributed by atoms with Gasteiger partial charge in [-0.3, -0.25) is 9.48 Å². The summed E-state index contributed by atoms with van der Waals surface area (Å²) in [4.78, 5) is 23.3. The van der Waals surface area contributed by atoms with Gasteiger partial charge in [-0.1, -0.05) is 24.8 Å². The lowest BCUT2D eigenvalue weighted by Gasteiger charge is -2.19. The summed E-state index contributed by atoms with van der Waals surface area (Å²) >= 11 is 0. The third-order valence-corrected chi connectivity index (χ3v) is 5.51. The van der Waals surface area contributed by atoms with Crippen LogP contribution in [0, 0.1) is 0 Å². The number of hydrogen-bond donors (Lipinski definition) is 2. The highest BCUT2D eigenvalue weighted by atomic mass is 16.5. The topological polar surface area (TPSA) is 106 Å². The lowest BCUT2D eigenvalue weighted by molar-refractivity contribution is -0.111. The van der Waals surface area contributed by atoms with Gasteiger partial charge < -0.3 is 25.0 Å². The molecule has 0 unspecified atom stereocenters. The van der Waals surface area contributed by atoms with Crippen molar-refractivity contribution in [2.45, 2.75) is 6.92 Å². The van der Waals surface area contributed by atoms with Gasteiger partial charge in [-0.25, -0.2) is 9.97 Å². The maximum atomic E-state index is 12.1. The lowest BCUT2D eigenvalue weighted by Crippen LogP contribution is -2.20. The summed E-state index contributed by atoms with van der Waals surface area (Å²) in [6.45, 7) is 7.03. The number of amides is 1. The molecule has 0 atom stereocenters. The van der Waals surface area contributed by atoms with E-state index < -0.39 is 0 Å². The van der Waals surface area contributed by atoms with Crippen molar-refractivity contribution in [3.8, 4) is 22.9 Å². The van der Waals surface area contributed by atoms with E-state index in [2.05, 4.69) is 27.3 Å². The predicted molar refractivity (Wildman–Crippen MR) is 146 cm³/mol. The Morgan fingerprint density at radius 2 is 1.92 bits per heavy atom. The van der Waals surface area contributed by atoms with Crippen molar-refractivity contribution in [1.29, 1.82) is 0 Å². The van der Waals surface area contributed by atoms with E-state index >= 15 is 0 Å². The number of hydrogen-bond acceptors (Lipinski definition) is 8. The maximum absolute atomic E-state index is 12.1. The fraction of sp³-hybridized carbons (Fsp3) is 0.259. The third kappa shape index (κ3) is 6.04. The molecule has 37 heavy (non-hydrogen) atoms. The van der Waals surface area contributed by atoms with Crippen molar-refractivity contribution < 1.29 is 14.3 Å². The molecule has 0 spiro atoms. The minimum absolute atomic E-state index is 0.353. The van der Waals surface area contributed by atoms with Gasteiger partial charge in [0.25, 0.3) is 0 Å². The molecule has 0 radical (unpaired) electrons. The SMILES string of the molecule is C=CC(=O)Nc1cc(Nc2nccc(-c3c4ccccc4nn3C)n2)c(OCC)cc1OCCN(C)C. The van der Waals surface area contributed by atoms with Gasteiger partial charge >= 0.3 is 0 Å². The summed E-state index contributed by atoms with van der Waals surface area (Å²) in [5.41, 5.74) is 3.54. The van der Waals surface area contributed by atoms with Gasteiger partial charge in [-0.2, -0.15) is 5.10 Å². The number of likely N-dealkylation sites (N-methyl/N-ethyl adjacent to an activating group) is 1. The van der Waals surface area contributed by atoms with Crippen LogP contribution in [0.25, 0.3) is 22.3 Å². The van der Waals surface area contributed by atoms with E-state index in [-0.39, 0.29) is 5.91 Å². The predicted octanol–water partition coefficient (Wildman–Crippen LogP) is 4.24. The fourth-order valence-electron chi connectivity index (χ4n) is 3.79. The standard InChI is InChI=1S/C27H31N7O3/c1-6-25(35)29-21-16-22(23(36-7-2)17-24(21)37-15-14-33(3)4)31-27-28-13-12-20(30-27)26-18-10-8-9-11-19(18)32-34(26)5/h6,8-13,16-17H,1,7,14-15H2,2-5H3,(H,29,35)(H,28,30,31). The third-order valence-electron chi connectivity index (χ3n) is 5.51. The Labute approximate surface area is 215 Å². The van der Waals surface area contributed by atoms with Crippen molar-refractivity contribution in [3.63, 3.8) is 0 Å². The Hall–Kier alpha value is -4.44. The van der Waals surface area contributed by atoms with E-state index in [4.69, 9.17) is 14.5 Å². The second-order valence-electron chi connectivity index (χ2n) is 8.50. The smallest absolute Gasteiger partial charge is 0.247 e. The highest BCUT2D eigenvalue weighted by Crippen LogP contribution is 2.38. The number of ether oxygens (including phenoxy) is 2. The number of nitrogens with zero attached hydrogens (tertiary/aromatic N) is 5. The van der Waals surface area contributed by atoms with Gasteiger partial charge in [0.2, 0.25) is 11.9 Å². The molecule has 0 saturated heterocycles. The molecule has 2 aromatic carbocycles. The molecule has 2 heterocycles. The quantitative estimate of drug-likeness (QED) is 0.294. The number of benzene rings is 2. The van der Waals surface area contributed by atoms with Crippen LogP contribution in [-0.4, -0.2) is 64.4 Å². The Morgan fingerprint density at radius 1 is 1.14 bits per heavy atom. The highest BCUT2D eigenvalue weighted by Gasteiger charge is 2.17. The molecule has 0 saturated carbocycles. The lowest BCUT2D eigenvalue weighted by atomic mass is 10.1. The van der Waals surface area contributed by atoms with Crippen LogP contribution in [0.4, 0.5) is 17.3 Å². The summed E-state index contributed by atoms with van der Waals surface area (Å²) in [7, 11) is 5.82. The molecule has 10 heteroatoms. The molecule has 0 bridgehead atoms. The van der Waals surface area contributed by atoms with E-state index in [9.17, 15) is 4.79 Å². The maximum Gasteiger partial charge on any atom is 0.247 e. The van der Waals surface area contributed by atoms with E-state index in [0.29, 0.717) is 48.6 Å². The van der Waals surface area contributed by atoms with Gasteiger partial charge in [-0.15, -0.1) is 0 Å². The van der Waals surface area contributed by atoms with Gasteiger partial charge in [-0.05, 0) is 45.3 Å². The fourth-order valence-corrected chi connectivity index (χ4v) is 3.79. The molecule has 1 amide bonds. The summed E-state index contributed by atoms with van der Waals surface area (Å²) in [5.74, 6) is 1.04. The van der Waals surface area contributed by atoms with Crippen LogP contribution in [-0.2, 0) is 11.8 Å². The zero-order chi connectivity index (χ0) is 26.4. The van der Waals surface area contributed by atoms with E-state index in [1.165, 1.54) is 6.08 Å². The van der Waals surface area contributed by atoms with Crippen LogP contribution >= 0.6 is 0 Å². The molecule has 192 valence electrons. The van der Waals surface area contributed by atoms with Crippen molar-refractivity contribution >= 4 is 34.1 Å². The van der Waals surface area contributed by atoms with E-state index in [0.717, 1.165) is 22.3 Å². The van der Waals surface area contributed by atoms with Crippen LogP contribution < -0.4 is 20.1 Å². The molecular weight excluding hydrogens is 470 g/mol. The number of rotatable bonds is 11. The summed E-state index contributed by atoms with van der Waals surface area (Å²) in [5, 5.41) is 11.6. The van der Waals surface area contributed by atoms with E-state index in [1.807, 2.05) is 68.0 Å². The van der Waals surface area contributed by atoms with Gasteiger partial charge in [0.15, 0.2) is 0 Å². The molecule has 0 fully saturated rings. The van der Waals surface area contributed by atoms with Crippen LogP contribution in [0.15, 0.2) is 61.3 Å². The summed E-state index contributed by atoms with van der Waals surface area (Å²) in [6.07, 6.45) is 2.89. The molecule has 2 N–H and O–H groups in total. The van der Waals surface area contributed by atoms with Crippen LogP contribution in [0.1, 0.15) is 6.92 Å². The van der Waals surface area contributed by atoms with Crippen molar-refractivity contribution in [2.24, 2.45) is 7.05 Å². The monoisotopic (exact) mass is 501 g/mol. The Kier molecular flexibility index (Phi) is 7.99. The van der Waals surface area contributed by atoms with Crippen LogP contribution in [0.2, 0.25) is 0 Å². The first-order chi connectivity index (χ1) is 17.9. The number of fused-ring (bicyclic) bond motifs is 1. The minimum atomic E-state index is -0.353. The first-order valence-electron chi connectivity index (χ1n) is 11.9. The van der Waals surface area contributed by atoms with Crippen LogP contribution in [0.3, 0.4) is 0 Å². The number of anilines is 3. The molecule has 0 aliphatic carbocycles. The van der Waals surface area contributed by atoms with Gasteiger partial charge in [0.05, 0.1) is 34.9 Å². The zero-order valence-electron chi connectivity index (χ0n) is 21.5. The number of carbonyl (C=O) groups is 1. The number of aromatic nitrogens is 4. The summed E-state index contributed by atoms with van der Waals surface area (Å²) < 4.78 is 13.7. The molecule has 4 aromatic rings.